The van der Waals surface area contributed by atoms with Crippen LogP contribution in [0.4, 0.5) is 0 Å². The Morgan fingerprint density at radius 3 is 2.12 bits per heavy atom. The van der Waals surface area contributed by atoms with Gasteiger partial charge in [0.15, 0.2) is 0 Å². The van der Waals surface area contributed by atoms with Crippen molar-refractivity contribution >= 4 is 23.0 Å². The minimum atomic E-state index is -0.451. The molecule has 7 nitrogen and oxygen atoms in total. The van der Waals surface area contributed by atoms with Gasteiger partial charge in [0.25, 0.3) is 5.91 Å². The van der Waals surface area contributed by atoms with E-state index >= 15 is 0 Å². The topological polar surface area (TPSA) is 82.1 Å². The summed E-state index contributed by atoms with van der Waals surface area (Å²) in [4.78, 5) is 41.7. The number of hydrogen-bond acceptors (Lipinski definition) is 6. The maximum Gasteiger partial charge on any atom is 0.254 e. The van der Waals surface area contributed by atoms with Crippen molar-refractivity contribution < 1.29 is 28.6 Å². The van der Waals surface area contributed by atoms with Crippen LogP contribution in [0.25, 0.3) is 16.7 Å². The van der Waals surface area contributed by atoms with Crippen LogP contribution < -0.4 is 0 Å². The molecule has 0 radical (unpaired) electrons. The fourth-order valence-corrected chi connectivity index (χ4v) is 4.52. The van der Waals surface area contributed by atoms with Crippen molar-refractivity contribution in [3.05, 3.63) is 76.2 Å². The molecule has 1 heterocycles. The van der Waals surface area contributed by atoms with Crippen molar-refractivity contribution in [2.45, 2.75) is 13.8 Å². The number of allylic oxidation sites excluding steroid dienone is 2. The standard InChI is InChI=1S/C27H27NO6/c1-16-14-19(22-17(2)23(29)25(32-3)26(33-4)24(22)30)15-20(21(16)18-8-6-5-7-9-18)27(31)28-10-12-34-13-11-28/h5-9,14-15H,10-13H2,1-4H3. The predicted molar refractivity (Wildman–Crippen MR) is 127 cm³/mol. The van der Waals surface area contributed by atoms with E-state index in [2.05, 4.69) is 0 Å². The molecule has 0 bridgehead atoms. The number of Topliss-reactive ketones (excluding diaryl/α,β-unsaturated/α-hetero) is 2. The van der Waals surface area contributed by atoms with Crippen molar-refractivity contribution in [1.82, 2.24) is 4.90 Å². The molecular weight excluding hydrogens is 434 g/mol. The van der Waals surface area contributed by atoms with Gasteiger partial charge < -0.3 is 19.1 Å². The quantitative estimate of drug-likeness (QED) is 0.634. The number of carbonyl (C=O) groups is 3. The van der Waals surface area contributed by atoms with Crippen molar-refractivity contribution in [3.8, 4) is 11.1 Å². The van der Waals surface area contributed by atoms with E-state index < -0.39 is 11.6 Å². The number of amides is 1. The first kappa shape index (κ1) is 23.4. The molecule has 1 aliphatic carbocycles. The van der Waals surface area contributed by atoms with Gasteiger partial charge in [-0.2, -0.15) is 0 Å². The summed E-state index contributed by atoms with van der Waals surface area (Å²) in [6.45, 7) is 5.42. The lowest BCUT2D eigenvalue weighted by Gasteiger charge is -2.28. The molecule has 0 N–H and O–H groups in total. The van der Waals surface area contributed by atoms with Crippen LogP contribution in [0.15, 0.2) is 59.6 Å². The van der Waals surface area contributed by atoms with Crippen LogP contribution in [0.3, 0.4) is 0 Å². The molecule has 176 valence electrons. The molecular formula is C27H27NO6. The van der Waals surface area contributed by atoms with Crippen molar-refractivity contribution in [3.63, 3.8) is 0 Å². The predicted octanol–water partition coefficient (Wildman–Crippen LogP) is 3.56. The molecule has 0 saturated carbocycles. The fraction of sp³-hybridized carbons (Fsp3) is 0.296. The van der Waals surface area contributed by atoms with Gasteiger partial charge in [-0.1, -0.05) is 36.4 Å². The average Bonchev–Trinajstić information content (AvgIpc) is 2.86. The van der Waals surface area contributed by atoms with Gasteiger partial charge in [-0.15, -0.1) is 0 Å². The molecule has 1 amide bonds. The minimum Gasteiger partial charge on any atom is -0.489 e. The summed E-state index contributed by atoms with van der Waals surface area (Å²) < 4.78 is 15.8. The Bertz CT molecular complexity index is 1220. The normalized spacial score (nSPS) is 16.8. The van der Waals surface area contributed by atoms with Crippen LogP contribution in [0, 0.1) is 6.92 Å². The van der Waals surface area contributed by atoms with Gasteiger partial charge in [0.05, 0.1) is 27.4 Å². The van der Waals surface area contributed by atoms with Gasteiger partial charge in [-0.05, 0) is 42.2 Å². The number of hydrogen-bond donors (Lipinski definition) is 0. The molecule has 1 fully saturated rings. The van der Waals surface area contributed by atoms with Crippen molar-refractivity contribution in [2.75, 3.05) is 40.5 Å². The van der Waals surface area contributed by atoms with E-state index in [-0.39, 0.29) is 28.6 Å². The Labute approximate surface area is 198 Å². The SMILES string of the molecule is COC1=C(OC)C(=O)C(c2cc(C)c(-c3ccccc3)c(C(=O)N3CCOCC3)c2)=C(C)C1=O. The van der Waals surface area contributed by atoms with Crippen LogP contribution in [-0.2, 0) is 23.8 Å². The Hall–Kier alpha value is -3.71. The number of rotatable bonds is 5. The van der Waals surface area contributed by atoms with Crippen molar-refractivity contribution in [2.24, 2.45) is 0 Å². The number of benzene rings is 2. The van der Waals surface area contributed by atoms with E-state index in [0.29, 0.717) is 37.4 Å². The molecule has 0 atom stereocenters. The third-order valence-electron chi connectivity index (χ3n) is 6.18. The first-order chi connectivity index (χ1) is 16.4. The van der Waals surface area contributed by atoms with Crippen molar-refractivity contribution in [1.29, 1.82) is 0 Å². The lowest BCUT2D eigenvalue weighted by Crippen LogP contribution is -2.41. The highest BCUT2D eigenvalue weighted by Crippen LogP contribution is 2.36. The van der Waals surface area contributed by atoms with E-state index in [9.17, 15) is 14.4 Å². The Morgan fingerprint density at radius 1 is 0.882 bits per heavy atom. The lowest BCUT2D eigenvalue weighted by atomic mass is 9.84. The van der Waals surface area contributed by atoms with Gasteiger partial charge in [-0.3, -0.25) is 14.4 Å². The molecule has 2 aromatic carbocycles. The fourth-order valence-electron chi connectivity index (χ4n) is 4.52. The molecule has 2 aliphatic rings. The molecule has 34 heavy (non-hydrogen) atoms. The van der Waals surface area contributed by atoms with E-state index in [4.69, 9.17) is 14.2 Å². The highest BCUT2D eigenvalue weighted by Gasteiger charge is 2.36. The first-order valence-corrected chi connectivity index (χ1v) is 11.1. The highest BCUT2D eigenvalue weighted by molar-refractivity contribution is 6.38. The summed E-state index contributed by atoms with van der Waals surface area (Å²) >= 11 is 0. The molecule has 7 heteroatoms. The lowest BCUT2D eigenvalue weighted by molar-refractivity contribution is -0.119. The second-order valence-corrected chi connectivity index (χ2v) is 8.21. The number of aryl methyl sites for hydroxylation is 1. The monoisotopic (exact) mass is 461 g/mol. The maximum atomic E-state index is 13.7. The summed E-state index contributed by atoms with van der Waals surface area (Å²) in [7, 11) is 2.66. The second-order valence-electron chi connectivity index (χ2n) is 8.21. The summed E-state index contributed by atoms with van der Waals surface area (Å²) in [6, 6.07) is 13.2. The summed E-state index contributed by atoms with van der Waals surface area (Å²) in [6.07, 6.45) is 0. The Kier molecular flexibility index (Phi) is 6.65. The number of carbonyl (C=O) groups excluding carboxylic acids is 3. The number of methoxy groups -OCH3 is 2. The third-order valence-corrected chi connectivity index (χ3v) is 6.18. The van der Waals surface area contributed by atoms with Crippen LogP contribution in [0.1, 0.15) is 28.4 Å². The maximum absolute atomic E-state index is 13.7. The molecule has 1 saturated heterocycles. The molecule has 0 spiro atoms. The number of nitrogens with zero attached hydrogens (tertiary/aromatic N) is 1. The van der Waals surface area contributed by atoms with Crippen LogP contribution in [0.2, 0.25) is 0 Å². The first-order valence-electron chi connectivity index (χ1n) is 11.1. The van der Waals surface area contributed by atoms with Crippen LogP contribution >= 0.6 is 0 Å². The number of morpholine rings is 1. The van der Waals surface area contributed by atoms with Gasteiger partial charge >= 0.3 is 0 Å². The van der Waals surface area contributed by atoms with Gasteiger partial charge in [0.2, 0.25) is 23.1 Å². The molecule has 2 aromatic rings. The van der Waals surface area contributed by atoms with E-state index in [1.54, 1.807) is 17.9 Å². The molecule has 4 rings (SSSR count). The smallest absolute Gasteiger partial charge is 0.254 e. The Morgan fingerprint density at radius 2 is 1.50 bits per heavy atom. The zero-order valence-electron chi connectivity index (χ0n) is 19.8. The van der Waals surface area contributed by atoms with E-state index in [1.807, 2.05) is 43.3 Å². The summed E-state index contributed by atoms with van der Waals surface area (Å²) in [5.41, 5.74) is 3.95. The second kappa shape index (κ2) is 9.65. The summed E-state index contributed by atoms with van der Waals surface area (Å²) in [5.74, 6) is -1.26. The largest absolute Gasteiger partial charge is 0.489 e. The highest BCUT2D eigenvalue weighted by atomic mass is 16.5. The van der Waals surface area contributed by atoms with Crippen LogP contribution in [-0.4, -0.2) is 62.9 Å². The van der Waals surface area contributed by atoms with Crippen LogP contribution in [0.5, 0.6) is 0 Å². The molecule has 0 aromatic heterocycles. The van der Waals surface area contributed by atoms with Gasteiger partial charge in [0.1, 0.15) is 0 Å². The number of ketones is 2. The van der Waals surface area contributed by atoms with E-state index in [1.165, 1.54) is 14.2 Å². The minimum absolute atomic E-state index is 0.115. The zero-order valence-corrected chi connectivity index (χ0v) is 19.8. The zero-order chi connectivity index (χ0) is 24.4. The Balaban J connectivity index is 1.91. The van der Waals surface area contributed by atoms with Gasteiger partial charge in [-0.25, -0.2) is 0 Å². The molecule has 0 unspecified atom stereocenters. The van der Waals surface area contributed by atoms with Gasteiger partial charge in [0, 0.05) is 29.8 Å². The number of ether oxygens (including phenoxy) is 3. The molecule has 1 aliphatic heterocycles. The van der Waals surface area contributed by atoms with E-state index in [0.717, 1.165) is 16.7 Å². The third kappa shape index (κ3) is 4.03. The summed E-state index contributed by atoms with van der Waals surface area (Å²) in [5, 5.41) is 0. The average molecular weight is 462 g/mol.